The number of benzene rings is 2. The Kier molecular flexibility index (Phi) is 4.70. The number of anilines is 2. The van der Waals surface area contributed by atoms with Gasteiger partial charge in [0, 0.05) is 18.4 Å². The summed E-state index contributed by atoms with van der Waals surface area (Å²) >= 11 is 0. The summed E-state index contributed by atoms with van der Waals surface area (Å²) in [5.41, 5.74) is 1.54. The smallest absolute Gasteiger partial charge is 0.318 e. The summed E-state index contributed by atoms with van der Waals surface area (Å²) in [7, 11) is 1.54. The Morgan fingerprint density at radius 1 is 0.920 bits per heavy atom. The second kappa shape index (κ2) is 6.93. The number of amides is 3. The average Bonchev–Trinajstić information content (AvgIpc) is 2.57. The van der Waals surface area contributed by atoms with Gasteiger partial charge in [-0.05, 0) is 54.8 Å². The van der Waals surface area contributed by atoms with E-state index in [1.54, 1.807) is 36.4 Å². The van der Waals surface area contributed by atoms with Crippen molar-refractivity contribution in [2.75, 3.05) is 17.7 Å². The van der Waals surface area contributed by atoms with Crippen LogP contribution in [0.3, 0.4) is 0 Å². The Balaban J connectivity index is 1.72. The third-order valence-electron chi connectivity index (χ3n) is 4.67. The average molecular weight is 341 g/mol. The number of halogens is 1. The lowest BCUT2D eigenvalue weighted by atomic mass is 9.64. The quantitative estimate of drug-likeness (QED) is 0.795. The molecule has 6 heteroatoms. The molecular formula is C19H20FN3O2. The van der Waals surface area contributed by atoms with Crippen molar-refractivity contribution in [1.82, 2.24) is 5.32 Å². The lowest BCUT2D eigenvalue weighted by molar-refractivity contribution is -0.124. The van der Waals surface area contributed by atoms with Gasteiger partial charge in [-0.15, -0.1) is 0 Å². The SMILES string of the molecule is CNC(=O)Nc1ccc(NC(=O)C2(c3ccc(F)cc3)CCC2)cc1. The van der Waals surface area contributed by atoms with Crippen LogP contribution in [0.15, 0.2) is 48.5 Å². The van der Waals surface area contributed by atoms with Gasteiger partial charge in [0.1, 0.15) is 5.82 Å². The van der Waals surface area contributed by atoms with Crippen LogP contribution in [0.4, 0.5) is 20.6 Å². The number of rotatable bonds is 4. The zero-order chi connectivity index (χ0) is 17.9. The summed E-state index contributed by atoms with van der Waals surface area (Å²) in [5, 5.41) is 8.06. The normalized spacial score (nSPS) is 15.0. The molecule has 25 heavy (non-hydrogen) atoms. The van der Waals surface area contributed by atoms with Gasteiger partial charge in [-0.25, -0.2) is 9.18 Å². The number of nitrogens with one attached hydrogen (secondary N) is 3. The monoisotopic (exact) mass is 341 g/mol. The third-order valence-corrected chi connectivity index (χ3v) is 4.67. The van der Waals surface area contributed by atoms with Gasteiger partial charge in [0.2, 0.25) is 5.91 Å². The predicted molar refractivity (Wildman–Crippen MR) is 95.1 cm³/mol. The van der Waals surface area contributed by atoms with Gasteiger partial charge in [0.25, 0.3) is 0 Å². The number of hydrogen-bond donors (Lipinski definition) is 3. The maximum Gasteiger partial charge on any atom is 0.318 e. The molecule has 5 nitrogen and oxygen atoms in total. The van der Waals surface area contributed by atoms with Crippen molar-refractivity contribution >= 4 is 23.3 Å². The van der Waals surface area contributed by atoms with E-state index in [0.717, 1.165) is 24.8 Å². The van der Waals surface area contributed by atoms with Crippen LogP contribution >= 0.6 is 0 Å². The first-order chi connectivity index (χ1) is 12.0. The van der Waals surface area contributed by atoms with Gasteiger partial charge in [-0.3, -0.25) is 4.79 Å². The summed E-state index contributed by atoms with van der Waals surface area (Å²) in [6.45, 7) is 0. The molecule has 1 aliphatic carbocycles. The van der Waals surface area contributed by atoms with Crippen molar-refractivity contribution in [2.24, 2.45) is 0 Å². The van der Waals surface area contributed by atoms with Crippen molar-refractivity contribution in [3.8, 4) is 0 Å². The molecule has 0 aromatic heterocycles. The molecule has 3 amide bonds. The molecule has 2 aromatic carbocycles. The molecule has 130 valence electrons. The molecule has 1 saturated carbocycles. The summed E-state index contributed by atoms with van der Waals surface area (Å²) in [6.07, 6.45) is 2.47. The van der Waals surface area contributed by atoms with Crippen molar-refractivity contribution in [2.45, 2.75) is 24.7 Å². The number of hydrogen-bond acceptors (Lipinski definition) is 2. The first-order valence-corrected chi connectivity index (χ1v) is 8.20. The minimum atomic E-state index is -0.591. The number of urea groups is 1. The Morgan fingerprint density at radius 2 is 1.48 bits per heavy atom. The molecule has 0 spiro atoms. The zero-order valence-electron chi connectivity index (χ0n) is 13.9. The van der Waals surface area contributed by atoms with Crippen molar-refractivity contribution in [3.63, 3.8) is 0 Å². The van der Waals surface area contributed by atoms with Gasteiger partial charge in [-0.1, -0.05) is 18.6 Å². The van der Waals surface area contributed by atoms with Crippen LogP contribution in [0.2, 0.25) is 0 Å². The predicted octanol–water partition coefficient (Wildman–Crippen LogP) is 3.64. The highest BCUT2D eigenvalue weighted by Gasteiger charge is 2.45. The van der Waals surface area contributed by atoms with Crippen molar-refractivity contribution in [1.29, 1.82) is 0 Å². The van der Waals surface area contributed by atoms with Gasteiger partial charge in [0.05, 0.1) is 5.41 Å². The summed E-state index contributed by atoms with van der Waals surface area (Å²) in [6, 6.07) is 12.8. The molecule has 3 N–H and O–H groups in total. The highest BCUT2D eigenvalue weighted by molar-refractivity contribution is 6.00. The Bertz CT molecular complexity index is 768. The van der Waals surface area contributed by atoms with Gasteiger partial charge in [0.15, 0.2) is 0 Å². The molecule has 0 bridgehead atoms. The van der Waals surface area contributed by atoms with Crippen molar-refractivity contribution in [3.05, 3.63) is 59.9 Å². The third kappa shape index (κ3) is 3.47. The molecule has 0 radical (unpaired) electrons. The lowest BCUT2D eigenvalue weighted by Gasteiger charge is -2.40. The highest BCUT2D eigenvalue weighted by atomic mass is 19.1. The largest absolute Gasteiger partial charge is 0.341 e. The fraction of sp³-hybridized carbons (Fsp3) is 0.263. The Hall–Kier alpha value is -2.89. The van der Waals surface area contributed by atoms with E-state index in [9.17, 15) is 14.0 Å². The fourth-order valence-electron chi connectivity index (χ4n) is 3.03. The topological polar surface area (TPSA) is 70.2 Å². The second-order valence-electron chi connectivity index (χ2n) is 6.18. The Labute approximate surface area is 145 Å². The molecule has 1 fully saturated rings. The lowest BCUT2D eigenvalue weighted by Crippen LogP contribution is -2.46. The summed E-state index contributed by atoms with van der Waals surface area (Å²) < 4.78 is 13.2. The van der Waals surface area contributed by atoms with E-state index in [4.69, 9.17) is 0 Å². The molecule has 0 unspecified atom stereocenters. The van der Waals surface area contributed by atoms with E-state index in [0.29, 0.717) is 11.4 Å². The molecule has 0 atom stereocenters. The maximum atomic E-state index is 13.2. The molecule has 3 rings (SSSR count). The molecule has 0 aliphatic heterocycles. The molecule has 0 saturated heterocycles. The first-order valence-electron chi connectivity index (χ1n) is 8.20. The van der Waals surface area contributed by atoms with Gasteiger partial charge in [-0.2, -0.15) is 0 Å². The van der Waals surface area contributed by atoms with Crippen LogP contribution in [0, 0.1) is 5.82 Å². The van der Waals surface area contributed by atoms with Crippen LogP contribution in [-0.4, -0.2) is 19.0 Å². The molecule has 2 aromatic rings. The van der Waals surface area contributed by atoms with Crippen LogP contribution < -0.4 is 16.0 Å². The number of carbonyl (C=O) groups is 2. The van der Waals surface area contributed by atoms with E-state index in [1.807, 2.05) is 0 Å². The standard InChI is InChI=1S/C19H20FN3O2/c1-21-18(25)23-16-9-7-15(8-10-16)22-17(24)19(11-2-12-19)13-3-5-14(20)6-4-13/h3-10H,2,11-12H2,1H3,(H,22,24)(H2,21,23,25). The van der Waals surface area contributed by atoms with Crippen LogP contribution in [0.1, 0.15) is 24.8 Å². The van der Waals surface area contributed by atoms with Gasteiger partial charge < -0.3 is 16.0 Å². The van der Waals surface area contributed by atoms with E-state index in [1.165, 1.54) is 19.2 Å². The molecule has 1 aliphatic rings. The highest BCUT2D eigenvalue weighted by Crippen LogP contribution is 2.44. The van der Waals surface area contributed by atoms with Crippen LogP contribution in [-0.2, 0) is 10.2 Å². The van der Waals surface area contributed by atoms with E-state index in [2.05, 4.69) is 16.0 Å². The van der Waals surface area contributed by atoms with Crippen LogP contribution in [0.25, 0.3) is 0 Å². The molecular weight excluding hydrogens is 321 g/mol. The van der Waals surface area contributed by atoms with Crippen molar-refractivity contribution < 1.29 is 14.0 Å². The Morgan fingerprint density at radius 3 is 1.96 bits per heavy atom. The summed E-state index contributed by atoms with van der Waals surface area (Å²) in [5.74, 6) is -0.393. The van der Waals surface area contributed by atoms with E-state index in [-0.39, 0.29) is 17.8 Å². The van der Waals surface area contributed by atoms with E-state index >= 15 is 0 Å². The minimum absolute atomic E-state index is 0.0858. The fourth-order valence-corrected chi connectivity index (χ4v) is 3.03. The second-order valence-corrected chi connectivity index (χ2v) is 6.18. The maximum absolute atomic E-state index is 13.2. The summed E-state index contributed by atoms with van der Waals surface area (Å²) in [4.78, 5) is 24.1. The molecule has 0 heterocycles. The van der Waals surface area contributed by atoms with Crippen LogP contribution in [0.5, 0.6) is 0 Å². The van der Waals surface area contributed by atoms with E-state index < -0.39 is 5.41 Å². The van der Waals surface area contributed by atoms with Gasteiger partial charge >= 0.3 is 6.03 Å². The zero-order valence-corrected chi connectivity index (χ0v) is 13.9. The minimum Gasteiger partial charge on any atom is -0.341 e. The number of carbonyl (C=O) groups excluding carboxylic acids is 2. The first kappa shape index (κ1) is 17.0.